The van der Waals surface area contributed by atoms with Crippen LogP contribution in [0.3, 0.4) is 0 Å². The number of rotatable bonds is 13. The molecule has 0 fully saturated rings. The molecule has 0 radical (unpaired) electrons. The van der Waals surface area contributed by atoms with Gasteiger partial charge >= 0.3 is 7.82 Å². The van der Waals surface area contributed by atoms with Gasteiger partial charge < -0.3 is 0 Å². The maximum Gasteiger partial charge on any atom is 0.474 e. The smallest absolute Gasteiger partial charge is 0.287 e. The van der Waals surface area contributed by atoms with Gasteiger partial charge in [-0.05, 0) is 19.3 Å². The van der Waals surface area contributed by atoms with Crippen LogP contribution in [0.4, 0.5) is 0 Å². The van der Waals surface area contributed by atoms with Crippen molar-refractivity contribution in [2.24, 2.45) is 0 Å². The van der Waals surface area contributed by atoms with Gasteiger partial charge in [0.15, 0.2) is 0 Å². The van der Waals surface area contributed by atoms with E-state index in [1.807, 2.05) is 6.92 Å². The number of phosphoric ester groups is 1. The standard InChI is InChI=1S/C13H29O4P/c1-4-7-9-12-16-18(14,15-11-6-3)17-13-10-8-5-2/h4-13H2,1-3H3. The van der Waals surface area contributed by atoms with E-state index in [0.717, 1.165) is 44.9 Å². The van der Waals surface area contributed by atoms with E-state index >= 15 is 0 Å². The van der Waals surface area contributed by atoms with Crippen LogP contribution >= 0.6 is 7.82 Å². The number of unbranched alkanes of at least 4 members (excludes halogenated alkanes) is 4. The van der Waals surface area contributed by atoms with Crippen molar-refractivity contribution >= 4 is 7.82 Å². The number of phosphoric acid groups is 1. The lowest BCUT2D eigenvalue weighted by atomic mass is 10.3. The highest BCUT2D eigenvalue weighted by Gasteiger charge is 2.25. The van der Waals surface area contributed by atoms with Crippen LogP contribution in [0, 0.1) is 0 Å². The Morgan fingerprint density at radius 2 is 1.11 bits per heavy atom. The number of hydrogen-bond donors (Lipinski definition) is 0. The van der Waals surface area contributed by atoms with E-state index in [1.165, 1.54) is 0 Å². The van der Waals surface area contributed by atoms with Crippen molar-refractivity contribution in [3.8, 4) is 0 Å². The highest BCUT2D eigenvalue weighted by atomic mass is 31.2. The van der Waals surface area contributed by atoms with Gasteiger partial charge in [0.05, 0.1) is 19.8 Å². The van der Waals surface area contributed by atoms with Crippen LogP contribution in [0.15, 0.2) is 0 Å². The summed E-state index contributed by atoms with van der Waals surface area (Å²) in [5.74, 6) is 0. The minimum atomic E-state index is -3.32. The summed E-state index contributed by atoms with van der Waals surface area (Å²) in [6.07, 6.45) is 6.97. The first-order valence-corrected chi connectivity index (χ1v) is 8.68. The second kappa shape index (κ2) is 12.2. The second-order valence-electron chi connectivity index (χ2n) is 4.36. The quantitative estimate of drug-likeness (QED) is 0.354. The van der Waals surface area contributed by atoms with Crippen molar-refractivity contribution in [3.63, 3.8) is 0 Å². The molecule has 0 bridgehead atoms. The summed E-state index contributed by atoms with van der Waals surface area (Å²) in [5.41, 5.74) is 0. The molecule has 0 saturated heterocycles. The van der Waals surface area contributed by atoms with Crippen LogP contribution in [0.25, 0.3) is 0 Å². The molecular weight excluding hydrogens is 251 g/mol. The van der Waals surface area contributed by atoms with Gasteiger partial charge in [-0.25, -0.2) is 4.57 Å². The molecule has 0 heterocycles. The van der Waals surface area contributed by atoms with Crippen molar-refractivity contribution in [1.82, 2.24) is 0 Å². The Balaban J connectivity index is 3.95. The van der Waals surface area contributed by atoms with E-state index in [-0.39, 0.29) is 0 Å². The summed E-state index contributed by atoms with van der Waals surface area (Å²) in [5, 5.41) is 0. The molecule has 0 rings (SSSR count). The van der Waals surface area contributed by atoms with E-state index in [2.05, 4.69) is 13.8 Å². The van der Waals surface area contributed by atoms with E-state index < -0.39 is 7.82 Å². The van der Waals surface area contributed by atoms with Crippen LogP contribution in [0.5, 0.6) is 0 Å². The minimum Gasteiger partial charge on any atom is -0.287 e. The molecule has 5 heteroatoms. The highest BCUT2D eigenvalue weighted by molar-refractivity contribution is 7.48. The molecule has 0 aliphatic rings. The average molecular weight is 280 g/mol. The van der Waals surface area contributed by atoms with Gasteiger partial charge in [-0.15, -0.1) is 0 Å². The lowest BCUT2D eigenvalue weighted by molar-refractivity contribution is 0.110. The van der Waals surface area contributed by atoms with Crippen molar-refractivity contribution in [1.29, 1.82) is 0 Å². The monoisotopic (exact) mass is 280 g/mol. The maximum absolute atomic E-state index is 12.2. The van der Waals surface area contributed by atoms with Gasteiger partial charge in [-0.1, -0.05) is 46.5 Å². The van der Waals surface area contributed by atoms with Gasteiger partial charge in [0, 0.05) is 0 Å². The van der Waals surface area contributed by atoms with Crippen LogP contribution in [0.2, 0.25) is 0 Å². The third-order valence-electron chi connectivity index (χ3n) is 2.45. The first-order valence-electron chi connectivity index (χ1n) is 7.22. The van der Waals surface area contributed by atoms with E-state index in [9.17, 15) is 4.57 Å². The molecule has 4 nitrogen and oxygen atoms in total. The van der Waals surface area contributed by atoms with Crippen molar-refractivity contribution in [2.75, 3.05) is 19.8 Å². The van der Waals surface area contributed by atoms with Crippen LogP contribution in [-0.4, -0.2) is 19.8 Å². The second-order valence-corrected chi connectivity index (χ2v) is 6.03. The van der Waals surface area contributed by atoms with E-state index in [0.29, 0.717) is 19.8 Å². The Kier molecular flexibility index (Phi) is 12.2. The van der Waals surface area contributed by atoms with Crippen LogP contribution < -0.4 is 0 Å². The lowest BCUT2D eigenvalue weighted by Gasteiger charge is -2.17. The first kappa shape index (κ1) is 18.1. The van der Waals surface area contributed by atoms with Gasteiger partial charge in [-0.3, -0.25) is 13.6 Å². The van der Waals surface area contributed by atoms with Gasteiger partial charge in [0.25, 0.3) is 0 Å². The predicted octanol–water partition coefficient (Wildman–Crippen LogP) is 4.93. The maximum atomic E-state index is 12.2. The molecule has 0 atom stereocenters. The third kappa shape index (κ3) is 10.1. The Morgan fingerprint density at radius 1 is 0.667 bits per heavy atom. The molecule has 0 N–H and O–H groups in total. The summed E-state index contributed by atoms with van der Waals surface area (Å²) in [4.78, 5) is 0. The average Bonchev–Trinajstić information content (AvgIpc) is 2.38. The fourth-order valence-corrected chi connectivity index (χ4v) is 2.71. The summed E-state index contributed by atoms with van der Waals surface area (Å²) in [7, 11) is -3.32. The Bertz CT molecular complexity index is 205. The van der Waals surface area contributed by atoms with E-state index in [1.54, 1.807) is 0 Å². The normalized spacial score (nSPS) is 11.9. The molecule has 0 aromatic rings. The molecule has 0 spiro atoms. The lowest BCUT2D eigenvalue weighted by Crippen LogP contribution is -2.03. The van der Waals surface area contributed by atoms with Gasteiger partial charge in [-0.2, -0.15) is 0 Å². The highest BCUT2D eigenvalue weighted by Crippen LogP contribution is 2.49. The molecule has 0 aliphatic carbocycles. The van der Waals surface area contributed by atoms with Crippen molar-refractivity contribution in [2.45, 2.75) is 65.7 Å². The zero-order valence-corrected chi connectivity index (χ0v) is 13.0. The summed E-state index contributed by atoms with van der Waals surface area (Å²) in [6, 6.07) is 0. The van der Waals surface area contributed by atoms with Gasteiger partial charge in [0.2, 0.25) is 0 Å². The van der Waals surface area contributed by atoms with Gasteiger partial charge in [0.1, 0.15) is 0 Å². The Hall–Kier alpha value is 0.110. The topological polar surface area (TPSA) is 44.8 Å². The first-order chi connectivity index (χ1) is 8.68. The minimum absolute atomic E-state index is 0.416. The third-order valence-corrected chi connectivity index (χ3v) is 3.94. The molecule has 110 valence electrons. The number of hydrogen-bond acceptors (Lipinski definition) is 4. The summed E-state index contributed by atoms with van der Waals surface area (Å²) in [6.45, 7) is 7.52. The fraction of sp³-hybridized carbons (Fsp3) is 1.00. The van der Waals surface area contributed by atoms with Crippen molar-refractivity contribution < 1.29 is 18.1 Å². The molecule has 18 heavy (non-hydrogen) atoms. The molecule has 0 saturated carbocycles. The fourth-order valence-electron chi connectivity index (χ4n) is 1.37. The molecule has 0 aliphatic heterocycles. The molecule has 0 unspecified atom stereocenters. The largest absolute Gasteiger partial charge is 0.474 e. The molecular formula is C13H29O4P. The molecule has 0 amide bonds. The SMILES string of the molecule is CCCCCOP(=O)(OCCC)OCCCCC. The van der Waals surface area contributed by atoms with Crippen molar-refractivity contribution in [3.05, 3.63) is 0 Å². The summed E-state index contributed by atoms with van der Waals surface area (Å²) >= 11 is 0. The zero-order valence-electron chi connectivity index (χ0n) is 12.2. The molecule has 0 aromatic heterocycles. The van der Waals surface area contributed by atoms with E-state index in [4.69, 9.17) is 13.6 Å². The Morgan fingerprint density at radius 3 is 1.50 bits per heavy atom. The summed E-state index contributed by atoms with van der Waals surface area (Å²) < 4.78 is 28.1. The molecule has 0 aromatic carbocycles. The Labute approximate surface area is 112 Å². The van der Waals surface area contributed by atoms with Crippen LogP contribution in [-0.2, 0) is 18.1 Å². The van der Waals surface area contributed by atoms with Crippen LogP contribution in [0.1, 0.15) is 65.7 Å². The predicted molar refractivity (Wildman–Crippen MR) is 74.8 cm³/mol. The zero-order chi connectivity index (χ0) is 13.7.